The minimum absolute atomic E-state index is 0.120. The minimum Gasteiger partial charge on any atom is -0.465 e. The highest BCUT2D eigenvalue weighted by atomic mass is 32.2. The molecule has 0 saturated heterocycles. The number of carbonyl (C=O) groups excluding carboxylic acids is 1. The zero-order chi connectivity index (χ0) is 15.1. The second-order valence-corrected chi connectivity index (χ2v) is 6.86. The summed E-state index contributed by atoms with van der Waals surface area (Å²) in [6.07, 6.45) is 3.23. The second kappa shape index (κ2) is 7.74. The van der Waals surface area contributed by atoms with Crippen LogP contribution in [-0.4, -0.2) is 41.4 Å². The zero-order valence-corrected chi connectivity index (χ0v) is 12.2. The molecule has 20 heavy (non-hydrogen) atoms. The molecule has 0 spiro atoms. The summed E-state index contributed by atoms with van der Waals surface area (Å²) in [5, 5.41) is 13.5. The highest BCUT2D eigenvalue weighted by molar-refractivity contribution is 7.95. The Morgan fingerprint density at radius 1 is 1.30 bits per heavy atom. The lowest BCUT2D eigenvalue weighted by Gasteiger charge is -2.15. The van der Waals surface area contributed by atoms with Crippen LogP contribution in [0.15, 0.2) is 24.3 Å². The molecule has 0 heterocycles. The molecular weight excluding hydrogens is 283 g/mol. The van der Waals surface area contributed by atoms with E-state index in [0.29, 0.717) is 12.1 Å². The third-order valence-corrected chi connectivity index (χ3v) is 3.59. The maximum absolute atomic E-state index is 12.8. The number of amides is 2. The van der Waals surface area contributed by atoms with Gasteiger partial charge in [0, 0.05) is 12.1 Å². The molecule has 110 valence electrons. The molecular formula is C13H18FN2O3S+. The summed E-state index contributed by atoms with van der Waals surface area (Å²) in [6, 6.07) is 4.49. The van der Waals surface area contributed by atoms with E-state index in [1.807, 2.05) is 12.5 Å². The predicted octanol–water partition coefficient (Wildman–Crippen LogP) is 1.67. The van der Waals surface area contributed by atoms with Gasteiger partial charge < -0.3 is 15.7 Å². The van der Waals surface area contributed by atoms with Gasteiger partial charge in [-0.25, -0.2) is 9.18 Å². The fourth-order valence-corrected chi connectivity index (χ4v) is 2.24. The van der Waals surface area contributed by atoms with Crippen molar-refractivity contribution in [2.75, 3.05) is 23.6 Å². The largest absolute Gasteiger partial charge is 0.465 e. The molecule has 1 aromatic carbocycles. The highest BCUT2D eigenvalue weighted by Crippen LogP contribution is 2.09. The molecule has 0 aliphatic carbocycles. The van der Waals surface area contributed by atoms with Crippen molar-refractivity contribution in [3.05, 3.63) is 30.1 Å². The lowest BCUT2D eigenvalue weighted by molar-refractivity contribution is -0.118. The SMILES string of the molecule is C[S+](C)CC[C@H](NC(=O)O)C(=O)Nc1ccc(F)cc1. The van der Waals surface area contributed by atoms with Crippen molar-refractivity contribution in [3.63, 3.8) is 0 Å². The second-order valence-electron chi connectivity index (χ2n) is 4.48. The summed E-state index contributed by atoms with van der Waals surface area (Å²) in [4.78, 5) is 22.7. The fourth-order valence-electron chi connectivity index (χ4n) is 1.53. The Morgan fingerprint density at radius 2 is 1.90 bits per heavy atom. The molecule has 7 heteroatoms. The van der Waals surface area contributed by atoms with Crippen LogP contribution in [0.2, 0.25) is 0 Å². The van der Waals surface area contributed by atoms with Gasteiger partial charge >= 0.3 is 6.09 Å². The number of hydrogen-bond donors (Lipinski definition) is 3. The Bertz CT molecular complexity index is 465. The Labute approximate surface area is 119 Å². The molecule has 0 aliphatic rings. The maximum atomic E-state index is 12.8. The van der Waals surface area contributed by atoms with Gasteiger partial charge in [-0.05, 0) is 35.2 Å². The molecule has 1 atom stereocenters. The number of anilines is 1. The number of rotatable bonds is 6. The quantitative estimate of drug-likeness (QED) is 0.699. The predicted molar refractivity (Wildman–Crippen MR) is 78.7 cm³/mol. The molecule has 0 fully saturated rings. The van der Waals surface area contributed by atoms with Crippen molar-refractivity contribution in [2.24, 2.45) is 0 Å². The van der Waals surface area contributed by atoms with Crippen LogP contribution in [0.1, 0.15) is 6.42 Å². The van der Waals surface area contributed by atoms with Gasteiger partial charge in [0.25, 0.3) is 0 Å². The van der Waals surface area contributed by atoms with Crippen LogP contribution in [0, 0.1) is 5.82 Å². The number of benzene rings is 1. The molecule has 2 amide bonds. The van der Waals surface area contributed by atoms with E-state index in [4.69, 9.17) is 5.11 Å². The van der Waals surface area contributed by atoms with Crippen LogP contribution < -0.4 is 10.6 Å². The van der Waals surface area contributed by atoms with Gasteiger partial charge in [0.15, 0.2) is 0 Å². The van der Waals surface area contributed by atoms with Gasteiger partial charge in [0.2, 0.25) is 5.91 Å². The summed E-state index contributed by atoms with van der Waals surface area (Å²) in [6.45, 7) is 0. The standard InChI is InChI=1S/C13H17FN2O3S/c1-20(2)8-7-11(16-13(18)19)12(17)15-10-5-3-9(14)4-6-10/h3-6,11,16H,7-8H2,1-2H3,(H-,15,17,18,19)/p+1/t11-/m0/s1. The molecule has 0 bridgehead atoms. The minimum atomic E-state index is -1.24. The van der Waals surface area contributed by atoms with Crippen molar-refractivity contribution in [1.29, 1.82) is 0 Å². The third-order valence-electron chi connectivity index (χ3n) is 2.54. The van der Waals surface area contributed by atoms with Gasteiger partial charge in [-0.2, -0.15) is 0 Å². The first-order chi connectivity index (χ1) is 9.38. The normalized spacial score (nSPS) is 12.0. The van der Waals surface area contributed by atoms with E-state index in [9.17, 15) is 14.0 Å². The average Bonchev–Trinajstić information content (AvgIpc) is 2.36. The number of halogens is 1. The number of carboxylic acid groups (broad SMARTS) is 1. The Balaban J connectivity index is 2.66. The van der Waals surface area contributed by atoms with Crippen LogP contribution in [0.25, 0.3) is 0 Å². The van der Waals surface area contributed by atoms with Crippen LogP contribution >= 0.6 is 0 Å². The average molecular weight is 301 g/mol. The first-order valence-corrected chi connectivity index (χ1v) is 8.19. The monoisotopic (exact) mass is 301 g/mol. The number of carbonyl (C=O) groups is 2. The van der Waals surface area contributed by atoms with E-state index in [-0.39, 0.29) is 10.9 Å². The Morgan fingerprint density at radius 3 is 2.40 bits per heavy atom. The van der Waals surface area contributed by atoms with Gasteiger partial charge in [0.05, 0.1) is 12.5 Å². The molecule has 1 rings (SSSR count). The Hall–Kier alpha value is -1.76. The van der Waals surface area contributed by atoms with E-state index in [1.165, 1.54) is 24.3 Å². The van der Waals surface area contributed by atoms with Gasteiger partial charge in [-0.15, -0.1) is 0 Å². The summed E-state index contributed by atoms with van der Waals surface area (Å²) in [5.41, 5.74) is 0.431. The molecule has 0 aliphatic heterocycles. The van der Waals surface area contributed by atoms with Crippen LogP contribution in [0.3, 0.4) is 0 Å². The Kier molecular flexibility index (Phi) is 6.30. The summed E-state index contributed by atoms with van der Waals surface area (Å²) in [7, 11) is 0.120. The summed E-state index contributed by atoms with van der Waals surface area (Å²) >= 11 is 0. The lowest BCUT2D eigenvalue weighted by atomic mass is 10.2. The molecule has 0 saturated carbocycles. The number of hydrogen-bond acceptors (Lipinski definition) is 2. The summed E-state index contributed by atoms with van der Waals surface area (Å²) < 4.78 is 12.8. The van der Waals surface area contributed by atoms with E-state index in [2.05, 4.69) is 10.6 Å². The van der Waals surface area contributed by atoms with Gasteiger partial charge in [-0.1, -0.05) is 0 Å². The van der Waals surface area contributed by atoms with Crippen molar-refractivity contribution in [3.8, 4) is 0 Å². The smallest absolute Gasteiger partial charge is 0.405 e. The van der Waals surface area contributed by atoms with E-state index in [1.54, 1.807) is 0 Å². The van der Waals surface area contributed by atoms with Crippen molar-refractivity contribution < 1.29 is 19.1 Å². The third kappa shape index (κ3) is 5.92. The molecule has 0 radical (unpaired) electrons. The lowest BCUT2D eigenvalue weighted by Crippen LogP contribution is -2.44. The van der Waals surface area contributed by atoms with Crippen molar-refractivity contribution in [2.45, 2.75) is 12.5 Å². The topological polar surface area (TPSA) is 78.4 Å². The summed E-state index contributed by atoms with van der Waals surface area (Å²) in [5.74, 6) is -0.0874. The van der Waals surface area contributed by atoms with Crippen LogP contribution in [-0.2, 0) is 15.7 Å². The van der Waals surface area contributed by atoms with Gasteiger partial charge in [0.1, 0.15) is 17.6 Å². The highest BCUT2D eigenvalue weighted by Gasteiger charge is 2.22. The molecule has 5 nitrogen and oxygen atoms in total. The van der Waals surface area contributed by atoms with E-state index < -0.39 is 23.9 Å². The van der Waals surface area contributed by atoms with Crippen LogP contribution in [0.5, 0.6) is 0 Å². The zero-order valence-electron chi connectivity index (χ0n) is 11.4. The van der Waals surface area contributed by atoms with Crippen molar-refractivity contribution >= 4 is 28.6 Å². The molecule has 3 N–H and O–H groups in total. The number of nitrogens with one attached hydrogen (secondary N) is 2. The van der Waals surface area contributed by atoms with Crippen molar-refractivity contribution in [1.82, 2.24) is 5.32 Å². The first kappa shape index (κ1) is 16.3. The van der Waals surface area contributed by atoms with Crippen LogP contribution in [0.4, 0.5) is 14.9 Å². The molecule has 0 unspecified atom stereocenters. The van der Waals surface area contributed by atoms with E-state index in [0.717, 1.165) is 5.75 Å². The fraction of sp³-hybridized carbons (Fsp3) is 0.385. The van der Waals surface area contributed by atoms with Gasteiger partial charge in [-0.3, -0.25) is 4.79 Å². The van der Waals surface area contributed by atoms with E-state index >= 15 is 0 Å². The molecule has 0 aromatic heterocycles. The maximum Gasteiger partial charge on any atom is 0.405 e. The molecule has 1 aromatic rings. The first-order valence-electron chi connectivity index (χ1n) is 5.98.